The lowest BCUT2D eigenvalue weighted by Gasteiger charge is -2.03. The van der Waals surface area contributed by atoms with Crippen molar-refractivity contribution in [3.8, 4) is 22.3 Å². The molecule has 4 aromatic carbocycles. The molecule has 0 radical (unpaired) electrons. The molecule has 146 valence electrons. The topological polar surface area (TPSA) is 24.7 Å². The molecule has 0 saturated heterocycles. The maximum absolute atomic E-state index is 4.19. The average molecular weight is 389 g/mol. The molecular weight excluding hydrogens is 364 g/mol. The highest BCUT2D eigenvalue weighted by Crippen LogP contribution is 2.21. The zero-order valence-electron chi connectivity index (χ0n) is 17.3. The lowest BCUT2D eigenvalue weighted by molar-refractivity contribution is 1.26. The van der Waals surface area contributed by atoms with E-state index in [9.17, 15) is 0 Å². The Morgan fingerprint density at radius 1 is 0.400 bits per heavy atom. The minimum Gasteiger partial charge on any atom is -0.159 e. The van der Waals surface area contributed by atoms with Crippen molar-refractivity contribution < 1.29 is 0 Å². The average Bonchev–Trinajstić information content (AvgIpc) is 2.79. The molecule has 0 atom stereocenters. The van der Waals surface area contributed by atoms with Gasteiger partial charge in [0.25, 0.3) is 0 Å². The normalized spacial score (nSPS) is 11.4. The lowest BCUT2D eigenvalue weighted by Crippen LogP contribution is -1.84. The summed E-state index contributed by atoms with van der Waals surface area (Å²) < 4.78 is 0. The molecule has 0 saturated carbocycles. The largest absolute Gasteiger partial charge is 0.159 e. The van der Waals surface area contributed by atoms with Crippen LogP contribution in [0.1, 0.15) is 22.3 Å². The first-order chi connectivity index (χ1) is 14.7. The molecule has 4 aromatic rings. The molecule has 0 aliphatic rings. The zero-order valence-corrected chi connectivity index (χ0v) is 17.3. The van der Waals surface area contributed by atoms with Gasteiger partial charge in [0, 0.05) is 0 Å². The van der Waals surface area contributed by atoms with E-state index in [1.807, 2.05) is 0 Å². The first-order valence-corrected chi connectivity index (χ1v) is 10.1. The predicted molar refractivity (Wildman–Crippen MR) is 128 cm³/mol. The molecule has 2 heteroatoms. The predicted octanol–water partition coefficient (Wildman–Crippen LogP) is 7.09. The fourth-order valence-electron chi connectivity index (χ4n) is 3.22. The maximum atomic E-state index is 4.19. The third-order valence-electron chi connectivity index (χ3n) is 5.07. The van der Waals surface area contributed by atoms with Crippen LogP contribution >= 0.6 is 0 Å². The van der Waals surface area contributed by atoms with Gasteiger partial charge in [0.1, 0.15) is 0 Å². The molecule has 0 aromatic heterocycles. The molecule has 4 rings (SSSR count). The van der Waals surface area contributed by atoms with Crippen LogP contribution in [0.4, 0.5) is 0 Å². The summed E-state index contributed by atoms with van der Waals surface area (Å²) in [5.41, 5.74) is 9.42. The lowest BCUT2D eigenvalue weighted by atomic mass is 10.0. The van der Waals surface area contributed by atoms with E-state index in [-0.39, 0.29) is 0 Å². The Hall–Kier alpha value is -3.78. The van der Waals surface area contributed by atoms with Crippen molar-refractivity contribution in [2.45, 2.75) is 13.8 Å². The molecular formula is C28H24N2. The highest BCUT2D eigenvalue weighted by Gasteiger charge is 1.98. The monoisotopic (exact) mass is 388 g/mol. The molecule has 0 spiro atoms. The van der Waals surface area contributed by atoms with E-state index in [1.54, 1.807) is 12.4 Å². The molecule has 0 aliphatic carbocycles. The molecule has 0 fully saturated rings. The van der Waals surface area contributed by atoms with Gasteiger partial charge >= 0.3 is 0 Å². The fraction of sp³-hybridized carbons (Fsp3) is 0.0714. The van der Waals surface area contributed by atoms with Gasteiger partial charge in [-0.15, -0.1) is 0 Å². The molecule has 0 aliphatic heterocycles. The third-order valence-corrected chi connectivity index (χ3v) is 5.07. The van der Waals surface area contributed by atoms with Gasteiger partial charge in [0.05, 0.1) is 12.4 Å². The van der Waals surface area contributed by atoms with E-state index < -0.39 is 0 Å². The summed E-state index contributed by atoms with van der Waals surface area (Å²) in [7, 11) is 0. The van der Waals surface area contributed by atoms with Crippen LogP contribution in [0.15, 0.2) is 107 Å². The summed E-state index contributed by atoms with van der Waals surface area (Å²) >= 11 is 0. The van der Waals surface area contributed by atoms with Gasteiger partial charge in [-0.25, -0.2) is 0 Å². The Morgan fingerprint density at radius 3 is 0.967 bits per heavy atom. The van der Waals surface area contributed by atoms with Crippen LogP contribution in [0.3, 0.4) is 0 Å². The van der Waals surface area contributed by atoms with Crippen molar-refractivity contribution in [3.05, 3.63) is 119 Å². The summed E-state index contributed by atoms with van der Waals surface area (Å²) in [6.45, 7) is 4.20. The van der Waals surface area contributed by atoms with Gasteiger partial charge in [-0.3, -0.25) is 0 Å². The molecule has 0 amide bonds. The third kappa shape index (κ3) is 4.98. The van der Waals surface area contributed by atoms with Crippen molar-refractivity contribution in [1.82, 2.24) is 0 Å². The van der Waals surface area contributed by atoms with E-state index in [4.69, 9.17) is 0 Å². The molecule has 0 bridgehead atoms. The van der Waals surface area contributed by atoms with Gasteiger partial charge in [0.15, 0.2) is 0 Å². The second-order valence-electron chi connectivity index (χ2n) is 7.47. The van der Waals surface area contributed by atoms with Crippen LogP contribution in [-0.4, -0.2) is 12.4 Å². The summed E-state index contributed by atoms with van der Waals surface area (Å²) in [5.74, 6) is 0. The van der Waals surface area contributed by atoms with Crippen LogP contribution in [0.2, 0.25) is 0 Å². The summed E-state index contributed by atoms with van der Waals surface area (Å²) in [6, 6.07) is 33.8. The Morgan fingerprint density at radius 2 is 0.667 bits per heavy atom. The number of aryl methyl sites for hydroxylation is 2. The van der Waals surface area contributed by atoms with Crippen LogP contribution < -0.4 is 0 Å². The van der Waals surface area contributed by atoms with Crippen molar-refractivity contribution in [2.24, 2.45) is 10.2 Å². The first kappa shape index (κ1) is 19.5. The SMILES string of the molecule is Cc1ccc(-c2ccc(/C=N/N=C/c3ccc(-c4ccc(C)cc4)cc3)cc2)cc1. The molecule has 0 heterocycles. The van der Waals surface area contributed by atoms with Crippen LogP contribution in [0, 0.1) is 13.8 Å². The second-order valence-corrected chi connectivity index (χ2v) is 7.47. The molecule has 0 unspecified atom stereocenters. The van der Waals surface area contributed by atoms with E-state index in [0.717, 1.165) is 11.1 Å². The highest BCUT2D eigenvalue weighted by molar-refractivity contribution is 5.84. The number of hydrogen-bond donors (Lipinski definition) is 0. The van der Waals surface area contributed by atoms with E-state index in [0.29, 0.717) is 0 Å². The minimum atomic E-state index is 1.03. The second kappa shape index (κ2) is 9.15. The summed E-state index contributed by atoms with van der Waals surface area (Å²) in [5, 5.41) is 8.37. The first-order valence-electron chi connectivity index (χ1n) is 10.1. The zero-order chi connectivity index (χ0) is 20.8. The number of benzene rings is 4. The molecule has 0 N–H and O–H groups in total. The maximum Gasteiger partial charge on any atom is 0.0568 e. The number of hydrogen-bond acceptors (Lipinski definition) is 2. The Bertz CT molecular complexity index is 1050. The van der Waals surface area contributed by atoms with Crippen molar-refractivity contribution in [1.29, 1.82) is 0 Å². The number of nitrogens with zero attached hydrogens (tertiary/aromatic N) is 2. The van der Waals surface area contributed by atoms with Gasteiger partial charge in [-0.05, 0) is 47.2 Å². The Balaban J connectivity index is 1.38. The van der Waals surface area contributed by atoms with Crippen LogP contribution in [-0.2, 0) is 0 Å². The van der Waals surface area contributed by atoms with Crippen LogP contribution in [0.5, 0.6) is 0 Å². The van der Waals surface area contributed by atoms with Crippen LogP contribution in [0.25, 0.3) is 22.3 Å². The van der Waals surface area contributed by atoms with E-state index in [2.05, 4.69) is 121 Å². The minimum absolute atomic E-state index is 1.03. The van der Waals surface area contributed by atoms with Gasteiger partial charge in [-0.2, -0.15) is 10.2 Å². The van der Waals surface area contributed by atoms with Gasteiger partial charge in [-0.1, -0.05) is 108 Å². The molecule has 2 nitrogen and oxygen atoms in total. The van der Waals surface area contributed by atoms with Crippen molar-refractivity contribution >= 4 is 12.4 Å². The molecule has 30 heavy (non-hydrogen) atoms. The quantitative estimate of drug-likeness (QED) is 0.257. The smallest absolute Gasteiger partial charge is 0.0568 e. The summed E-state index contributed by atoms with van der Waals surface area (Å²) in [6.07, 6.45) is 3.55. The summed E-state index contributed by atoms with van der Waals surface area (Å²) in [4.78, 5) is 0. The van der Waals surface area contributed by atoms with Crippen molar-refractivity contribution in [2.75, 3.05) is 0 Å². The number of rotatable bonds is 5. The fourth-order valence-corrected chi connectivity index (χ4v) is 3.22. The Kier molecular flexibility index (Phi) is 5.95. The van der Waals surface area contributed by atoms with Crippen molar-refractivity contribution in [3.63, 3.8) is 0 Å². The van der Waals surface area contributed by atoms with E-state index >= 15 is 0 Å². The van der Waals surface area contributed by atoms with E-state index in [1.165, 1.54) is 33.4 Å². The highest BCUT2D eigenvalue weighted by atomic mass is 15.2. The van der Waals surface area contributed by atoms with Gasteiger partial charge in [0.2, 0.25) is 0 Å². The van der Waals surface area contributed by atoms with Gasteiger partial charge < -0.3 is 0 Å². The Labute approximate surface area is 178 Å². The standard InChI is InChI=1S/C28H24N2/c1-21-3-11-25(12-4-21)27-15-7-23(8-16-27)19-29-30-20-24-9-17-28(18-10-24)26-13-5-22(2)6-14-26/h3-20H,1-2H3/b29-19+,30-20+.